The molecule has 0 aliphatic carbocycles. The highest BCUT2D eigenvalue weighted by atomic mass is 16.5. The van der Waals surface area contributed by atoms with E-state index in [0.29, 0.717) is 12.8 Å². The summed E-state index contributed by atoms with van der Waals surface area (Å²) in [6.07, 6.45) is 1.41. The Kier molecular flexibility index (Phi) is 5.42. The van der Waals surface area contributed by atoms with Gasteiger partial charge in [0.25, 0.3) is 0 Å². The van der Waals surface area contributed by atoms with Gasteiger partial charge in [-0.25, -0.2) is 9.59 Å². The van der Waals surface area contributed by atoms with Gasteiger partial charge < -0.3 is 14.6 Å². The molecule has 0 bridgehead atoms. The predicted molar refractivity (Wildman–Crippen MR) is 89.0 cm³/mol. The number of rotatable bonds is 5. The summed E-state index contributed by atoms with van der Waals surface area (Å²) < 4.78 is 12.0. The lowest BCUT2D eigenvalue weighted by Crippen LogP contribution is -2.28. The molecule has 132 valence electrons. The number of anilines is 1. The molecule has 1 aromatic heterocycles. The lowest BCUT2D eigenvalue weighted by Gasteiger charge is -2.15. The molecule has 8 heteroatoms. The van der Waals surface area contributed by atoms with Gasteiger partial charge in [-0.05, 0) is 24.5 Å². The number of aliphatic hydroxyl groups excluding tert-OH is 1. The fourth-order valence-corrected chi connectivity index (χ4v) is 2.59. The molecule has 1 saturated heterocycles. The number of aliphatic hydroxyl groups is 1. The van der Waals surface area contributed by atoms with Crippen molar-refractivity contribution >= 4 is 11.9 Å². The van der Waals surface area contributed by atoms with Crippen LogP contribution in [0.15, 0.2) is 47.4 Å². The Morgan fingerprint density at radius 3 is 2.80 bits per heavy atom. The molecule has 2 aromatic rings. The van der Waals surface area contributed by atoms with Crippen LogP contribution in [0.5, 0.6) is 0 Å². The Labute approximate surface area is 144 Å². The van der Waals surface area contributed by atoms with E-state index in [2.05, 4.69) is 10.3 Å². The van der Waals surface area contributed by atoms with Crippen LogP contribution < -0.4 is 11.0 Å². The number of nitrogens with zero attached hydrogens (tertiary/aromatic N) is 2. The van der Waals surface area contributed by atoms with Crippen LogP contribution in [0.4, 0.5) is 10.6 Å². The summed E-state index contributed by atoms with van der Waals surface area (Å²) in [5, 5.41) is 11.5. The second-order valence-corrected chi connectivity index (χ2v) is 5.66. The van der Waals surface area contributed by atoms with E-state index >= 15 is 0 Å². The molecular formula is C17H19N3O5. The van der Waals surface area contributed by atoms with Crippen molar-refractivity contribution in [2.75, 3.05) is 11.9 Å². The predicted octanol–water partition coefficient (Wildman–Crippen LogP) is 1.66. The first kappa shape index (κ1) is 17.1. The van der Waals surface area contributed by atoms with Crippen LogP contribution in [0.2, 0.25) is 0 Å². The van der Waals surface area contributed by atoms with E-state index in [1.807, 2.05) is 30.3 Å². The Hall–Kier alpha value is -2.71. The third-order valence-electron chi connectivity index (χ3n) is 3.87. The third-order valence-corrected chi connectivity index (χ3v) is 3.87. The highest BCUT2D eigenvalue weighted by Gasteiger charge is 2.26. The van der Waals surface area contributed by atoms with Crippen molar-refractivity contribution < 1.29 is 19.4 Å². The van der Waals surface area contributed by atoms with Crippen LogP contribution in [0, 0.1) is 0 Å². The van der Waals surface area contributed by atoms with Gasteiger partial charge in [-0.1, -0.05) is 30.3 Å². The average molecular weight is 345 g/mol. The third kappa shape index (κ3) is 4.43. The minimum atomic E-state index is -0.689. The molecule has 2 heterocycles. The van der Waals surface area contributed by atoms with Crippen LogP contribution in [0.25, 0.3) is 0 Å². The fourth-order valence-electron chi connectivity index (χ4n) is 2.59. The zero-order chi connectivity index (χ0) is 17.6. The molecular weight excluding hydrogens is 326 g/mol. The Morgan fingerprint density at radius 1 is 1.32 bits per heavy atom. The monoisotopic (exact) mass is 345 g/mol. The number of ether oxygens (including phenoxy) is 2. The van der Waals surface area contributed by atoms with Crippen molar-refractivity contribution in [1.29, 1.82) is 0 Å². The fraction of sp³-hybridized carbons (Fsp3) is 0.353. The number of carbonyl (C=O) groups excluding carboxylic acids is 1. The molecule has 8 nitrogen and oxygen atoms in total. The minimum absolute atomic E-state index is 0.0778. The second kappa shape index (κ2) is 7.91. The van der Waals surface area contributed by atoms with Crippen molar-refractivity contribution in [3.05, 3.63) is 58.6 Å². The minimum Gasteiger partial charge on any atom is -0.444 e. The summed E-state index contributed by atoms with van der Waals surface area (Å²) in [7, 11) is 0. The smallest absolute Gasteiger partial charge is 0.413 e. The van der Waals surface area contributed by atoms with Crippen molar-refractivity contribution in [2.45, 2.75) is 31.8 Å². The molecule has 1 fully saturated rings. The van der Waals surface area contributed by atoms with Gasteiger partial charge in [0.05, 0.1) is 12.7 Å². The molecule has 1 amide bonds. The normalized spacial score (nSPS) is 19.6. The van der Waals surface area contributed by atoms with E-state index in [0.717, 1.165) is 5.56 Å². The quantitative estimate of drug-likeness (QED) is 0.854. The zero-order valence-electron chi connectivity index (χ0n) is 13.5. The summed E-state index contributed by atoms with van der Waals surface area (Å²) in [6, 6.07) is 10.8. The van der Waals surface area contributed by atoms with E-state index in [1.54, 1.807) is 0 Å². The van der Waals surface area contributed by atoms with Gasteiger partial charge in [0, 0.05) is 6.20 Å². The number of hydrogen-bond acceptors (Lipinski definition) is 6. The van der Waals surface area contributed by atoms with Crippen molar-refractivity contribution in [1.82, 2.24) is 9.55 Å². The topological polar surface area (TPSA) is 103 Å². The van der Waals surface area contributed by atoms with Gasteiger partial charge in [0.2, 0.25) is 0 Å². The van der Waals surface area contributed by atoms with Gasteiger partial charge in [0.1, 0.15) is 18.7 Å². The lowest BCUT2D eigenvalue weighted by molar-refractivity contribution is -0.0245. The van der Waals surface area contributed by atoms with Crippen LogP contribution in [0.3, 0.4) is 0 Å². The van der Waals surface area contributed by atoms with Crippen LogP contribution in [-0.2, 0) is 16.1 Å². The van der Waals surface area contributed by atoms with E-state index in [4.69, 9.17) is 14.6 Å². The molecule has 2 N–H and O–H groups in total. The Bertz CT molecular complexity index is 777. The summed E-state index contributed by atoms with van der Waals surface area (Å²) in [5.74, 6) is 0.107. The van der Waals surface area contributed by atoms with Crippen LogP contribution in [0.1, 0.15) is 24.6 Å². The highest BCUT2D eigenvalue weighted by molar-refractivity contribution is 5.83. The second-order valence-electron chi connectivity index (χ2n) is 5.66. The molecule has 0 spiro atoms. The van der Waals surface area contributed by atoms with Gasteiger partial charge in [-0.3, -0.25) is 9.88 Å². The number of amides is 1. The molecule has 3 rings (SSSR count). The summed E-state index contributed by atoms with van der Waals surface area (Å²) in [4.78, 5) is 27.7. The van der Waals surface area contributed by atoms with Crippen LogP contribution in [-0.4, -0.2) is 33.5 Å². The maximum absolute atomic E-state index is 12.1. The molecule has 1 aromatic carbocycles. The first-order valence-corrected chi connectivity index (χ1v) is 7.99. The number of nitrogens with one attached hydrogen (secondary N) is 1. The molecule has 1 aliphatic heterocycles. The first-order chi connectivity index (χ1) is 12.2. The SMILES string of the molecule is O=C(Nc1ccn([C@H]2CC[C@@H](CO)O2)c(=O)n1)OCc1ccccc1. The molecule has 0 saturated carbocycles. The lowest BCUT2D eigenvalue weighted by atomic mass is 10.2. The molecule has 25 heavy (non-hydrogen) atoms. The molecule has 0 radical (unpaired) electrons. The zero-order valence-corrected chi connectivity index (χ0v) is 13.5. The first-order valence-electron chi connectivity index (χ1n) is 7.99. The highest BCUT2D eigenvalue weighted by Crippen LogP contribution is 2.26. The van der Waals surface area contributed by atoms with E-state index in [-0.39, 0.29) is 25.1 Å². The standard InChI is InChI=1S/C17H19N3O5/c21-10-13-6-7-15(25-13)20-9-8-14(18-16(20)22)19-17(23)24-11-12-4-2-1-3-5-12/h1-5,8-9,13,15,21H,6-7,10-11H2,(H,18,19,22,23)/t13-,15+/m0/s1. The number of hydrogen-bond donors (Lipinski definition) is 2. The number of benzene rings is 1. The summed E-state index contributed by atoms with van der Waals surface area (Å²) in [6.45, 7) is 0.0494. The maximum Gasteiger partial charge on any atom is 0.413 e. The van der Waals surface area contributed by atoms with Gasteiger partial charge in [0.15, 0.2) is 0 Å². The van der Waals surface area contributed by atoms with Crippen LogP contribution >= 0.6 is 0 Å². The average Bonchev–Trinajstić information content (AvgIpc) is 3.10. The van der Waals surface area contributed by atoms with E-state index < -0.39 is 18.0 Å². The van der Waals surface area contributed by atoms with Gasteiger partial charge in [-0.15, -0.1) is 0 Å². The van der Waals surface area contributed by atoms with Crippen molar-refractivity contribution in [3.8, 4) is 0 Å². The Balaban J connectivity index is 1.57. The van der Waals surface area contributed by atoms with E-state index in [9.17, 15) is 9.59 Å². The largest absolute Gasteiger partial charge is 0.444 e. The summed E-state index contributed by atoms with van der Waals surface area (Å²) >= 11 is 0. The van der Waals surface area contributed by atoms with Gasteiger partial charge in [-0.2, -0.15) is 4.98 Å². The van der Waals surface area contributed by atoms with E-state index in [1.165, 1.54) is 16.8 Å². The molecule has 0 unspecified atom stereocenters. The van der Waals surface area contributed by atoms with Gasteiger partial charge >= 0.3 is 11.8 Å². The van der Waals surface area contributed by atoms with Crippen molar-refractivity contribution in [2.24, 2.45) is 0 Å². The Morgan fingerprint density at radius 2 is 2.12 bits per heavy atom. The number of carbonyl (C=O) groups is 1. The maximum atomic E-state index is 12.1. The summed E-state index contributed by atoms with van der Waals surface area (Å²) in [5.41, 5.74) is 0.322. The molecule has 1 aliphatic rings. The number of aromatic nitrogens is 2. The van der Waals surface area contributed by atoms with Crippen molar-refractivity contribution in [3.63, 3.8) is 0 Å². The molecule has 2 atom stereocenters.